The van der Waals surface area contributed by atoms with Gasteiger partial charge in [-0.1, -0.05) is 30.3 Å². The van der Waals surface area contributed by atoms with Gasteiger partial charge in [0.2, 0.25) is 5.88 Å². The van der Waals surface area contributed by atoms with E-state index in [-0.39, 0.29) is 0 Å². The van der Waals surface area contributed by atoms with E-state index < -0.39 is 0 Å². The molecule has 20 heavy (non-hydrogen) atoms. The Morgan fingerprint density at radius 3 is 2.60 bits per heavy atom. The van der Waals surface area contributed by atoms with Crippen LogP contribution >= 0.6 is 0 Å². The van der Waals surface area contributed by atoms with Gasteiger partial charge in [0.15, 0.2) is 0 Å². The number of hydrogen-bond donors (Lipinski definition) is 1. The molecule has 2 aromatic carbocycles. The van der Waals surface area contributed by atoms with Gasteiger partial charge < -0.3 is 10.1 Å². The van der Waals surface area contributed by atoms with E-state index >= 15 is 0 Å². The number of benzene rings is 2. The summed E-state index contributed by atoms with van der Waals surface area (Å²) in [6.07, 6.45) is 1.50. The van der Waals surface area contributed by atoms with Crippen LogP contribution in [0.1, 0.15) is 5.56 Å². The predicted molar refractivity (Wildman–Crippen MR) is 80.3 cm³/mol. The molecule has 1 aromatic heterocycles. The summed E-state index contributed by atoms with van der Waals surface area (Å²) in [4.78, 5) is 8.34. The number of anilines is 1. The Hall–Kier alpha value is -2.62. The summed E-state index contributed by atoms with van der Waals surface area (Å²) in [7, 11) is 1.83. The van der Waals surface area contributed by atoms with Crippen LogP contribution in [0.4, 0.5) is 5.82 Å². The molecule has 0 fully saturated rings. The second-order valence-corrected chi connectivity index (χ2v) is 4.51. The van der Waals surface area contributed by atoms with Crippen LogP contribution in [0.3, 0.4) is 0 Å². The molecule has 4 heteroatoms. The van der Waals surface area contributed by atoms with Crippen molar-refractivity contribution in [3.63, 3.8) is 0 Å². The van der Waals surface area contributed by atoms with Crippen molar-refractivity contribution in [3.8, 4) is 11.6 Å². The van der Waals surface area contributed by atoms with Crippen LogP contribution in [0, 0.1) is 6.92 Å². The third-order valence-corrected chi connectivity index (χ3v) is 3.21. The summed E-state index contributed by atoms with van der Waals surface area (Å²) in [5.41, 5.74) is 0.892. The summed E-state index contributed by atoms with van der Waals surface area (Å²) in [5, 5.41) is 5.35. The third kappa shape index (κ3) is 2.28. The molecule has 0 amide bonds. The summed E-state index contributed by atoms with van der Waals surface area (Å²) < 4.78 is 5.87. The van der Waals surface area contributed by atoms with E-state index in [4.69, 9.17) is 4.74 Å². The SMILES string of the molecule is CNc1ncnc(Oc2ccc3ccccc3c2)c1C. The molecule has 0 atom stereocenters. The van der Waals surface area contributed by atoms with E-state index in [1.54, 1.807) is 0 Å². The fourth-order valence-corrected chi connectivity index (χ4v) is 2.13. The van der Waals surface area contributed by atoms with E-state index in [1.165, 1.54) is 11.7 Å². The molecule has 0 radical (unpaired) electrons. The lowest BCUT2D eigenvalue weighted by atomic mass is 10.1. The highest BCUT2D eigenvalue weighted by Gasteiger charge is 2.08. The minimum Gasteiger partial charge on any atom is -0.439 e. The monoisotopic (exact) mass is 265 g/mol. The Labute approximate surface area is 117 Å². The standard InChI is InChI=1S/C16H15N3O/c1-11-15(17-2)18-10-19-16(11)20-14-8-7-12-5-3-4-6-13(12)9-14/h3-10H,1-2H3,(H,17,18,19). The van der Waals surface area contributed by atoms with Crippen LogP contribution in [0.5, 0.6) is 11.6 Å². The predicted octanol–water partition coefficient (Wildman–Crippen LogP) is 3.77. The number of nitrogens with zero attached hydrogens (tertiary/aromatic N) is 2. The molecule has 3 rings (SSSR count). The molecule has 4 nitrogen and oxygen atoms in total. The highest BCUT2D eigenvalue weighted by Crippen LogP contribution is 2.28. The normalized spacial score (nSPS) is 10.5. The molecule has 3 aromatic rings. The van der Waals surface area contributed by atoms with Crippen LogP contribution < -0.4 is 10.1 Å². The van der Waals surface area contributed by atoms with Gasteiger partial charge in [-0.15, -0.1) is 0 Å². The molecule has 0 aliphatic rings. The number of hydrogen-bond acceptors (Lipinski definition) is 4. The molecule has 0 aliphatic heterocycles. The van der Waals surface area contributed by atoms with Gasteiger partial charge in [0, 0.05) is 7.05 Å². The zero-order valence-electron chi connectivity index (χ0n) is 11.4. The highest BCUT2D eigenvalue weighted by molar-refractivity contribution is 5.83. The molecule has 1 heterocycles. The number of ether oxygens (including phenoxy) is 1. The van der Waals surface area contributed by atoms with Gasteiger partial charge in [-0.05, 0) is 29.8 Å². The second-order valence-electron chi connectivity index (χ2n) is 4.51. The maximum atomic E-state index is 5.87. The minimum absolute atomic E-state index is 0.569. The first-order chi connectivity index (χ1) is 9.78. The van der Waals surface area contributed by atoms with Crippen molar-refractivity contribution in [2.75, 3.05) is 12.4 Å². The average molecular weight is 265 g/mol. The van der Waals surface area contributed by atoms with Crippen molar-refractivity contribution in [2.45, 2.75) is 6.92 Å². The zero-order valence-corrected chi connectivity index (χ0v) is 11.4. The highest BCUT2D eigenvalue weighted by atomic mass is 16.5. The van der Waals surface area contributed by atoms with Crippen molar-refractivity contribution >= 4 is 16.6 Å². The van der Waals surface area contributed by atoms with Gasteiger partial charge in [0.05, 0.1) is 5.56 Å². The van der Waals surface area contributed by atoms with Crippen LogP contribution in [0.2, 0.25) is 0 Å². The average Bonchev–Trinajstić information content (AvgIpc) is 2.49. The van der Waals surface area contributed by atoms with Crippen LogP contribution in [0.25, 0.3) is 10.8 Å². The van der Waals surface area contributed by atoms with Gasteiger partial charge in [-0.3, -0.25) is 0 Å². The molecular formula is C16H15N3O. The molecular weight excluding hydrogens is 250 g/mol. The lowest BCUT2D eigenvalue weighted by molar-refractivity contribution is 0.458. The molecule has 0 saturated heterocycles. The van der Waals surface area contributed by atoms with E-state index in [0.717, 1.165) is 22.5 Å². The summed E-state index contributed by atoms with van der Waals surface area (Å²) in [6.45, 7) is 1.93. The minimum atomic E-state index is 0.569. The third-order valence-electron chi connectivity index (χ3n) is 3.21. The second kappa shape index (κ2) is 5.17. The Bertz CT molecular complexity index is 756. The fourth-order valence-electron chi connectivity index (χ4n) is 2.13. The van der Waals surface area contributed by atoms with Crippen molar-refractivity contribution in [1.29, 1.82) is 0 Å². The van der Waals surface area contributed by atoms with Gasteiger partial charge in [-0.25, -0.2) is 9.97 Å². The number of nitrogens with one attached hydrogen (secondary N) is 1. The maximum absolute atomic E-state index is 5.87. The van der Waals surface area contributed by atoms with Gasteiger partial charge in [-0.2, -0.15) is 0 Å². The molecule has 0 aliphatic carbocycles. The van der Waals surface area contributed by atoms with Crippen LogP contribution in [-0.4, -0.2) is 17.0 Å². The first-order valence-corrected chi connectivity index (χ1v) is 6.44. The first kappa shape index (κ1) is 12.4. The maximum Gasteiger partial charge on any atom is 0.227 e. The Balaban J connectivity index is 1.97. The van der Waals surface area contributed by atoms with Crippen molar-refractivity contribution in [3.05, 3.63) is 54.4 Å². The Morgan fingerprint density at radius 2 is 1.80 bits per heavy atom. The molecule has 0 bridgehead atoms. The first-order valence-electron chi connectivity index (χ1n) is 6.44. The molecule has 0 unspecified atom stereocenters. The van der Waals surface area contributed by atoms with E-state index in [2.05, 4.69) is 27.4 Å². The number of aromatic nitrogens is 2. The van der Waals surface area contributed by atoms with Gasteiger partial charge >= 0.3 is 0 Å². The van der Waals surface area contributed by atoms with Crippen LogP contribution in [0.15, 0.2) is 48.8 Å². The Morgan fingerprint density at radius 1 is 1.00 bits per heavy atom. The fraction of sp³-hybridized carbons (Fsp3) is 0.125. The van der Waals surface area contributed by atoms with E-state index in [1.807, 2.05) is 44.3 Å². The summed E-state index contributed by atoms with van der Waals surface area (Å²) in [6, 6.07) is 14.2. The quantitative estimate of drug-likeness (QED) is 0.783. The van der Waals surface area contributed by atoms with Crippen molar-refractivity contribution < 1.29 is 4.74 Å². The molecule has 0 spiro atoms. The smallest absolute Gasteiger partial charge is 0.227 e. The van der Waals surface area contributed by atoms with Crippen molar-refractivity contribution in [1.82, 2.24) is 9.97 Å². The largest absolute Gasteiger partial charge is 0.439 e. The Kier molecular flexibility index (Phi) is 3.21. The van der Waals surface area contributed by atoms with E-state index in [0.29, 0.717) is 5.88 Å². The van der Waals surface area contributed by atoms with Gasteiger partial charge in [0.1, 0.15) is 17.9 Å². The lowest BCUT2D eigenvalue weighted by Gasteiger charge is -2.10. The number of fused-ring (bicyclic) bond motifs is 1. The molecule has 1 N–H and O–H groups in total. The topological polar surface area (TPSA) is 47.0 Å². The lowest BCUT2D eigenvalue weighted by Crippen LogP contribution is -1.99. The van der Waals surface area contributed by atoms with Gasteiger partial charge in [0.25, 0.3) is 0 Å². The summed E-state index contributed by atoms with van der Waals surface area (Å²) >= 11 is 0. The molecule has 0 saturated carbocycles. The van der Waals surface area contributed by atoms with E-state index in [9.17, 15) is 0 Å². The zero-order chi connectivity index (χ0) is 13.9. The van der Waals surface area contributed by atoms with Crippen molar-refractivity contribution in [2.24, 2.45) is 0 Å². The summed E-state index contributed by atoms with van der Waals surface area (Å²) in [5.74, 6) is 2.11. The molecule has 100 valence electrons. The van der Waals surface area contributed by atoms with Crippen LogP contribution in [-0.2, 0) is 0 Å². The number of rotatable bonds is 3.